The molecule has 1 atom stereocenters. The minimum absolute atomic E-state index is 0.134. The Labute approximate surface area is 129 Å². The molecule has 0 aromatic heterocycles. The molecule has 2 N–H and O–H groups in total. The van der Waals surface area contributed by atoms with Crippen molar-refractivity contribution in [2.24, 2.45) is 5.10 Å². The number of thioether (sulfide) groups is 1. The van der Waals surface area contributed by atoms with Crippen molar-refractivity contribution >= 4 is 34.6 Å². The number of hydrogen-bond acceptors (Lipinski definition) is 6. The summed E-state index contributed by atoms with van der Waals surface area (Å²) in [6.07, 6.45) is 1.53. The molecule has 2 heterocycles. The van der Waals surface area contributed by atoms with Gasteiger partial charge >= 0.3 is 5.97 Å². The molecule has 3 rings (SSSR count). The van der Waals surface area contributed by atoms with Crippen molar-refractivity contribution in [2.45, 2.75) is 12.5 Å². The molecule has 8 heteroatoms. The van der Waals surface area contributed by atoms with Gasteiger partial charge in [-0.05, 0) is 17.3 Å². The van der Waals surface area contributed by atoms with Crippen LogP contribution in [0.1, 0.15) is 12.0 Å². The monoisotopic (exact) mass is 317 g/mol. The first-order valence-electron chi connectivity index (χ1n) is 6.43. The fourth-order valence-electron chi connectivity index (χ4n) is 2.18. The van der Waals surface area contributed by atoms with Gasteiger partial charge in [0.05, 0.1) is 5.71 Å². The van der Waals surface area contributed by atoms with Crippen molar-refractivity contribution in [3.63, 3.8) is 0 Å². The summed E-state index contributed by atoms with van der Waals surface area (Å²) < 4.78 is 0. The van der Waals surface area contributed by atoms with Gasteiger partial charge in [0.2, 0.25) is 0 Å². The van der Waals surface area contributed by atoms with Gasteiger partial charge in [0.1, 0.15) is 4.91 Å². The lowest BCUT2D eigenvalue weighted by molar-refractivity contribution is -0.141. The molecule has 0 bridgehead atoms. The van der Waals surface area contributed by atoms with Crippen LogP contribution in [-0.4, -0.2) is 39.0 Å². The quantitative estimate of drug-likeness (QED) is 0.817. The lowest BCUT2D eigenvalue weighted by atomic mass is 10.0. The molecule has 2 amide bonds. The van der Waals surface area contributed by atoms with E-state index >= 15 is 0 Å². The van der Waals surface area contributed by atoms with Gasteiger partial charge in [0.15, 0.2) is 6.04 Å². The predicted octanol–water partition coefficient (Wildman–Crippen LogP) is 1.37. The van der Waals surface area contributed by atoms with Crippen LogP contribution < -0.4 is 5.32 Å². The number of carboxylic acids is 1. The van der Waals surface area contributed by atoms with E-state index in [1.54, 1.807) is 0 Å². The maximum atomic E-state index is 11.6. The van der Waals surface area contributed by atoms with Crippen LogP contribution in [0.4, 0.5) is 4.79 Å². The molecule has 1 aromatic rings. The van der Waals surface area contributed by atoms with Crippen LogP contribution in [0.3, 0.4) is 0 Å². The van der Waals surface area contributed by atoms with Crippen LogP contribution in [-0.2, 0) is 9.59 Å². The number of nitrogens with one attached hydrogen (secondary N) is 1. The number of amides is 2. The zero-order valence-corrected chi connectivity index (χ0v) is 12.0. The van der Waals surface area contributed by atoms with Crippen LogP contribution in [0.15, 0.2) is 46.5 Å². The standard InChI is InChI=1S/C14H11N3O4S/c18-12-11(22-14(21)15-12)7-17-10(13(19)20)6-9(16-17)8-4-2-1-3-5-8/h1-5,7,10H,6H2,(H,19,20)(H,15,18,21)/b11-7-/t10-/m0/s1. The molecular weight excluding hydrogens is 306 g/mol. The van der Waals surface area contributed by atoms with Crippen LogP contribution in [0, 0.1) is 0 Å². The number of hydrogen-bond donors (Lipinski definition) is 2. The number of imide groups is 1. The second-order valence-corrected chi connectivity index (χ2v) is 5.70. The second kappa shape index (κ2) is 5.64. The Bertz CT molecular complexity index is 714. The Morgan fingerprint density at radius 3 is 2.68 bits per heavy atom. The zero-order chi connectivity index (χ0) is 15.7. The average molecular weight is 317 g/mol. The molecule has 7 nitrogen and oxygen atoms in total. The number of benzene rings is 1. The fraction of sp³-hybridized carbons (Fsp3) is 0.143. The van der Waals surface area contributed by atoms with Crippen molar-refractivity contribution in [2.75, 3.05) is 0 Å². The van der Waals surface area contributed by atoms with E-state index in [-0.39, 0.29) is 11.3 Å². The van der Waals surface area contributed by atoms with E-state index in [1.807, 2.05) is 30.3 Å². The lowest BCUT2D eigenvalue weighted by Crippen LogP contribution is -2.31. The first-order valence-corrected chi connectivity index (χ1v) is 7.25. The molecule has 1 fully saturated rings. The maximum absolute atomic E-state index is 11.6. The molecule has 1 saturated heterocycles. The summed E-state index contributed by atoms with van der Waals surface area (Å²) in [5, 5.41) is 16.5. The highest BCUT2D eigenvalue weighted by atomic mass is 32.2. The number of carbonyl (C=O) groups excluding carboxylic acids is 2. The Kier molecular flexibility index (Phi) is 3.68. The van der Waals surface area contributed by atoms with Gasteiger partial charge < -0.3 is 5.11 Å². The van der Waals surface area contributed by atoms with Crippen molar-refractivity contribution in [1.29, 1.82) is 0 Å². The second-order valence-electron chi connectivity index (χ2n) is 4.69. The highest BCUT2D eigenvalue weighted by molar-refractivity contribution is 8.18. The van der Waals surface area contributed by atoms with Crippen LogP contribution in [0.5, 0.6) is 0 Å². The molecule has 0 unspecified atom stereocenters. The third kappa shape index (κ3) is 2.73. The van der Waals surface area contributed by atoms with Crippen molar-refractivity contribution in [3.05, 3.63) is 47.0 Å². The summed E-state index contributed by atoms with van der Waals surface area (Å²) in [5.74, 6) is -1.58. The van der Waals surface area contributed by atoms with Gasteiger partial charge in [0.25, 0.3) is 11.1 Å². The number of aliphatic carboxylic acids is 1. The molecule has 2 aliphatic heterocycles. The lowest BCUT2D eigenvalue weighted by Gasteiger charge is -2.15. The molecule has 1 aromatic carbocycles. The van der Waals surface area contributed by atoms with Gasteiger partial charge in [-0.3, -0.25) is 19.9 Å². The Hall–Kier alpha value is -2.61. The van der Waals surface area contributed by atoms with E-state index in [1.165, 1.54) is 11.2 Å². The van der Waals surface area contributed by atoms with Crippen LogP contribution in [0.25, 0.3) is 0 Å². The van der Waals surface area contributed by atoms with Crippen LogP contribution in [0.2, 0.25) is 0 Å². The number of carboxylic acid groups (broad SMARTS) is 1. The minimum Gasteiger partial charge on any atom is -0.480 e. The zero-order valence-electron chi connectivity index (χ0n) is 11.2. The molecule has 0 saturated carbocycles. The van der Waals surface area contributed by atoms with Gasteiger partial charge in [-0.2, -0.15) is 5.10 Å². The number of rotatable bonds is 3. The molecular formula is C14H11N3O4S. The van der Waals surface area contributed by atoms with Gasteiger partial charge in [0, 0.05) is 12.6 Å². The number of nitrogens with zero attached hydrogens (tertiary/aromatic N) is 2. The first kappa shape index (κ1) is 14.3. The van der Waals surface area contributed by atoms with E-state index in [0.29, 0.717) is 5.71 Å². The summed E-state index contributed by atoms with van der Waals surface area (Å²) in [6, 6.07) is 8.33. The van der Waals surface area contributed by atoms with Gasteiger partial charge in [-0.15, -0.1) is 0 Å². The van der Waals surface area contributed by atoms with Crippen molar-refractivity contribution < 1.29 is 19.5 Å². The third-order valence-corrected chi connectivity index (χ3v) is 4.02. The van der Waals surface area contributed by atoms with Gasteiger partial charge in [-0.25, -0.2) is 4.79 Å². The summed E-state index contributed by atoms with van der Waals surface area (Å²) >= 11 is 0.729. The Morgan fingerprint density at radius 1 is 1.36 bits per heavy atom. The Balaban J connectivity index is 1.91. The van der Waals surface area contributed by atoms with E-state index in [0.717, 1.165) is 17.3 Å². The minimum atomic E-state index is -1.04. The molecule has 112 valence electrons. The highest BCUT2D eigenvalue weighted by Crippen LogP contribution is 2.27. The highest BCUT2D eigenvalue weighted by Gasteiger charge is 2.34. The van der Waals surface area contributed by atoms with E-state index in [2.05, 4.69) is 10.4 Å². The van der Waals surface area contributed by atoms with E-state index in [4.69, 9.17) is 0 Å². The fourth-order valence-corrected chi connectivity index (χ4v) is 2.83. The van der Waals surface area contributed by atoms with Gasteiger partial charge in [-0.1, -0.05) is 30.3 Å². The van der Waals surface area contributed by atoms with Crippen LogP contribution >= 0.6 is 11.8 Å². The first-order chi connectivity index (χ1) is 10.5. The smallest absolute Gasteiger partial charge is 0.328 e. The summed E-state index contributed by atoms with van der Waals surface area (Å²) in [7, 11) is 0. The Morgan fingerprint density at radius 2 is 2.09 bits per heavy atom. The molecule has 22 heavy (non-hydrogen) atoms. The van der Waals surface area contributed by atoms with Crippen molar-refractivity contribution in [1.82, 2.24) is 10.3 Å². The summed E-state index contributed by atoms with van der Waals surface area (Å²) in [6.45, 7) is 0. The summed E-state index contributed by atoms with van der Waals surface area (Å²) in [5.41, 5.74) is 1.45. The third-order valence-electron chi connectivity index (χ3n) is 3.23. The summed E-state index contributed by atoms with van der Waals surface area (Å²) in [4.78, 5) is 34.2. The molecule has 0 spiro atoms. The topological polar surface area (TPSA) is 99.1 Å². The molecule has 0 aliphatic carbocycles. The number of carbonyl (C=O) groups is 3. The molecule has 2 aliphatic rings. The van der Waals surface area contributed by atoms with Crippen molar-refractivity contribution in [3.8, 4) is 0 Å². The number of hydrazone groups is 1. The predicted molar refractivity (Wildman–Crippen MR) is 80.1 cm³/mol. The molecule has 0 radical (unpaired) electrons. The normalized spacial score (nSPS) is 22.9. The SMILES string of the molecule is O=C1NC(=O)/C(=C/N2N=C(c3ccccc3)C[C@H]2C(=O)O)S1. The average Bonchev–Trinajstić information content (AvgIpc) is 3.04. The largest absolute Gasteiger partial charge is 0.480 e. The van der Waals surface area contributed by atoms with E-state index < -0.39 is 23.2 Å². The van der Waals surface area contributed by atoms with E-state index in [9.17, 15) is 19.5 Å². The maximum Gasteiger partial charge on any atom is 0.328 e.